The topological polar surface area (TPSA) is 64.1 Å². The van der Waals surface area contributed by atoms with Crippen LogP contribution in [0, 0.1) is 5.41 Å². The average Bonchev–Trinajstić information content (AvgIpc) is 2.73. The highest BCUT2D eigenvalue weighted by molar-refractivity contribution is 6.30. The second-order valence-corrected chi connectivity index (χ2v) is 8.80. The third-order valence-electron chi connectivity index (χ3n) is 4.56. The SMILES string of the molecule is CC(C)(C)COC(=O)NC(c1ccc(Cl)cc1)C(c1cccnc1)c1cccnc1. The monoisotopic (exact) mass is 423 g/mol. The first kappa shape index (κ1) is 21.8. The standard InChI is InChI=1S/C24H26ClN3O2/c1-24(2,3)16-30-23(29)28-22(17-8-10-20(25)11-9-17)21(18-6-4-12-26-14-18)19-7-5-13-27-15-19/h4-15,21-22H,16H2,1-3H3,(H,28,29). The number of aromatic nitrogens is 2. The van der Waals surface area contributed by atoms with Crippen LogP contribution in [0.3, 0.4) is 0 Å². The maximum absolute atomic E-state index is 12.7. The predicted molar refractivity (Wildman–Crippen MR) is 118 cm³/mol. The summed E-state index contributed by atoms with van der Waals surface area (Å²) in [6, 6.07) is 14.8. The maximum Gasteiger partial charge on any atom is 0.407 e. The van der Waals surface area contributed by atoms with Crippen molar-refractivity contribution in [3.63, 3.8) is 0 Å². The number of pyridine rings is 2. The van der Waals surface area contributed by atoms with Gasteiger partial charge >= 0.3 is 6.09 Å². The normalized spacial score (nSPS) is 12.4. The van der Waals surface area contributed by atoms with Crippen molar-refractivity contribution >= 4 is 17.7 Å². The molecule has 0 radical (unpaired) electrons. The molecule has 0 fully saturated rings. The van der Waals surface area contributed by atoms with Crippen LogP contribution in [0.5, 0.6) is 0 Å². The summed E-state index contributed by atoms with van der Waals surface area (Å²) in [7, 11) is 0. The fraction of sp³-hybridized carbons (Fsp3) is 0.292. The third kappa shape index (κ3) is 6.04. The smallest absolute Gasteiger partial charge is 0.407 e. The summed E-state index contributed by atoms with van der Waals surface area (Å²) in [6.07, 6.45) is 6.60. The number of ether oxygens (including phenoxy) is 1. The minimum Gasteiger partial charge on any atom is -0.449 e. The highest BCUT2D eigenvalue weighted by Gasteiger charge is 2.29. The Balaban J connectivity index is 2.01. The number of amides is 1. The minimum absolute atomic E-state index is 0.126. The lowest BCUT2D eigenvalue weighted by Crippen LogP contribution is -2.35. The van der Waals surface area contributed by atoms with Gasteiger partial charge in [-0.1, -0.05) is 56.6 Å². The van der Waals surface area contributed by atoms with Crippen molar-refractivity contribution in [1.82, 2.24) is 15.3 Å². The molecule has 0 spiro atoms. The maximum atomic E-state index is 12.7. The van der Waals surface area contributed by atoms with Crippen LogP contribution in [-0.2, 0) is 4.74 Å². The average molecular weight is 424 g/mol. The predicted octanol–water partition coefficient (Wildman–Crippen LogP) is 5.78. The van der Waals surface area contributed by atoms with E-state index in [1.807, 2.05) is 81.7 Å². The van der Waals surface area contributed by atoms with Gasteiger partial charge in [-0.15, -0.1) is 0 Å². The summed E-state index contributed by atoms with van der Waals surface area (Å²) in [6.45, 7) is 6.37. The van der Waals surface area contributed by atoms with Crippen molar-refractivity contribution in [1.29, 1.82) is 0 Å². The summed E-state index contributed by atoms with van der Waals surface area (Å²) in [5, 5.41) is 3.69. The Morgan fingerprint density at radius 3 is 2.00 bits per heavy atom. The number of nitrogens with zero attached hydrogens (tertiary/aromatic N) is 2. The van der Waals surface area contributed by atoms with E-state index in [1.165, 1.54) is 0 Å². The molecule has 0 aliphatic carbocycles. The molecule has 1 atom stereocenters. The fourth-order valence-corrected chi connectivity index (χ4v) is 3.30. The van der Waals surface area contributed by atoms with E-state index in [9.17, 15) is 4.79 Å². The number of nitrogens with one attached hydrogen (secondary N) is 1. The van der Waals surface area contributed by atoms with Gasteiger partial charge in [0.25, 0.3) is 0 Å². The summed E-state index contributed by atoms with van der Waals surface area (Å²) in [5.74, 6) is -0.212. The van der Waals surface area contributed by atoms with E-state index in [2.05, 4.69) is 15.3 Å². The van der Waals surface area contributed by atoms with Gasteiger partial charge in [0.1, 0.15) is 0 Å². The molecule has 5 nitrogen and oxygen atoms in total. The second kappa shape index (κ2) is 9.72. The number of hydrogen-bond acceptors (Lipinski definition) is 4. The van der Waals surface area contributed by atoms with E-state index in [1.54, 1.807) is 12.4 Å². The van der Waals surface area contributed by atoms with Gasteiger partial charge in [0.2, 0.25) is 0 Å². The zero-order chi connectivity index (χ0) is 21.6. The Labute approximate surface area is 182 Å². The lowest BCUT2D eigenvalue weighted by Gasteiger charge is -2.29. The molecule has 0 saturated heterocycles. The first-order valence-electron chi connectivity index (χ1n) is 9.82. The van der Waals surface area contributed by atoms with Gasteiger partial charge in [-0.05, 0) is 46.4 Å². The van der Waals surface area contributed by atoms with Crippen molar-refractivity contribution < 1.29 is 9.53 Å². The second-order valence-electron chi connectivity index (χ2n) is 8.36. The van der Waals surface area contributed by atoms with Gasteiger partial charge < -0.3 is 10.1 Å². The molecule has 0 aliphatic rings. The minimum atomic E-state index is -0.470. The summed E-state index contributed by atoms with van der Waals surface area (Å²) >= 11 is 6.10. The molecule has 2 aromatic heterocycles. The first-order valence-corrected chi connectivity index (χ1v) is 10.2. The molecule has 0 saturated carbocycles. The van der Waals surface area contributed by atoms with Gasteiger partial charge in [0.15, 0.2) is 0 Å². The summed E-state index contributed by atoms with van der Waals surface area (Å²) in [4.78, 5) is 21.3. The van der Waals surface area contributed by atoms with Crippen LogP contribution < -0.4 is 5.32 Å². The zero-order valence-electron chi connectivity index (χ0n) is 17.4. The van der Waals surface area contributed by atoms with E-state index in [-0.39, 0.29) is 11.3 Å². The van der Waals surface area contributed by atoms with Crippen molar-refractivity contribution in [3.8, 4) is 0 Å². The number of rotatable bonds is 6. The molecule has 1 unspecified atom stereocenters. The van der Waals surface area contributed by atoms with Gasteiger partial charge in [-0.2, -0.15) is 0 Å². The lowest BCUT2D eigenvalue weighted by atomic mass is 9.83. The van der Waals surface area contributed by atoms with E-state index in [4.69, 9.17) is 16.3 Å². The number of benzene rings is 1. The Bertz CT molecular complexity index is 902. The van der Waals surface area contributed by atoms with Crippen LogP contribution in [0.25, 0.3) is 0 Å². The quantitative estimate of drug-likeness (QED) is 0.546. The summed E-state index contributed by atoms with van der Waals surface area (Å²) in [5.41, 5.74) is 2.70. The molecule has 2 heterocycles. The van der Waals surface area contributed by atoms with Crippen LogP contribution in [0.1, 0.15) is 49.4 Å². The lowest BCUT2D eigenvalue weighted by molar-refractivity contribution is 0.102. The molecule has 1 amide bonds. The Hall–Kier alpha value is -2.92. The molecule has 3 aromatic rings. The van der Waals surface area contributed by atoms with Crippen LogP contribution >= 0.6 is 11.6 Å². The highest BCUT2D eigenvalue weighted by Crippen LogP contribution is 2.36. The number of hydrogen-bond donors (Lipinski definition) is 1. The number of carbonyl (C=O) groups excluding carboxylic acids is 1. The van der Waals surface area contributed by atoms with Gasteiger partial charge in [0, 0.05) is 35.7 Å². The molecular formula is C24H26ClN3O2. The molecule has 30 heavy (non-hydrogen) atoms. The Morgan fingerprint density at radius 2 is 1.53 bits per heavy atom. The number of alkyl carbamates (subject to hydrolysis) is 1. The molecule has 1 N–H and O–H groups in total. The van der Waals surface area contributed by atoms with Gasteiger partial charge in [0.05, 0.1) is 12.6 Å². The molecule has 1 aromatic carbocycles. The van der Waals surface area contributed by atoms with Crippen LogP contribution in [0.4, 0.5) is 4.79 Å². The van der Waals surface area contributed by atoms with E-state index in [0.29, 0.717) is 11.6 Å². The molecule has 0 bridgehead atoms. The first-order chi connectivity index (χ1) is 14.3. The van der Waals surface area contributed by atoms with E-state index >= 15 is 0 Å². The molecular weight excluding hydrogens is 398 g/mol. The van der Waals surface area contributed by atoms with Crippen molar-refractivity contribution in [3.05, 3.63) is 95.0 Å². The molecule has 156 valence electrons. The molecule has 6 heteroatoms. The van der Waals surface area contributed by atoms with E-state index < -0.39 is 12.1 Å². The van der Waals surface area contributed by atoms with Gasteiger partial charge in [-0.3, -0.25) is 9.97 Å². The highest BCUT2D eigenvalue weighted by atomic mass is 35.5. The summed E-state index contributed by atoms with van der Waals surface area (Å²) < 4.78 is 5.50. The zero-order valence-corrected chi connectivity index (χ0v) is 18.1. The van der Waals surface area contributed by atoms with Crippen LogP contribution in [0.15, 0.2) is 73.3 Å². The number of halogens is 1. The number of carbonyl (C=O) groups is 1. The van der Waals surface area contributed by atoms with Crippen molar-refractivity contribution in [2.45, 2.75) is 32.7 Å². The fourth-order valence-electron chi connectivity index (χ4n) is 3.18. The van der Waals surface area contributed by atoms with Crippen molar-refractivity contribution in [2.24, 2.45) is 5.41 Å². The largest absolute Gasteiger partial charge is 0.449 e. The van der Waals surface area contributed by atoms with E-state index in [0.717, 1.165) is 16.7 Å². The third-order valence-corrected chi connectivity index (χ3v) is 4.81. The Kier molecular flexibility index (Phi) is 7.06. The van der Waals surface area contributed by atoms with Crippen LogP contribution in [0.2, 0.25) is 5.02 Å². The molecule has 3 rings (SSSR count). The molecule has 0 aliphatic heterocycles. The van der Waals surface area contributed by atoms with Gasteiger partial charge in [-0.25, -0.2) is 4.79 Å². The Morgan fingerprint density at radius 1 is 0.967 bits per heavy atom. The van der Waals surface area contributed by atoms with Crippen LogP contribution in [-0.4, -0.2) is 22.7 Å². The van der Waals surface area contributed by atoms with Crippen molar-refractivity contribution in [2.75, 3.05) is 6.61 Å².